The van der Waals surface area contributed by atoms with Crippen LogP contribution < -0.4 is 11.1 Å². The Labute approximate surface area is 97.0 Å². The molecule has 0 bridgehead atoms. The van der Waals surface area contributed by atoms with Crippen LogP contribution in [0.15, 0.2) is 12.2 Å². The number of amides is 1. The number of hydrogen-bond donors (Lipinski definition) is 2. The first-order chi connectivity index (χ1) is 7.88. The number of carbonyl (C=O) groups excluding carboxylic acids is 1. The average molecular weight is 252 g/mol. The van der Waals surface area contributed by atoms with Gasteiger partial charge >= 0.3 is 6.18 Å². The second-order valence-electron chi connectivity index (χ2n) is 3.85. The van der Waals surface area contributed by atoms with Crippen molar-refractivity contribution in [3.05, 3.63) is 12.2 Å². The lowest BCUT2D eigenvalue weighted by Crippen LogP contribution is -2.33. The van der Waals surface area contributed by atoms with Crippen molar-refractivity contribution in [2.75, 3.05) is 19.8 Å². The Morgan fingerprint density at radius 3 is 2.71 bits per heavy atom. The standard InChI is InChI=1S/C10H15F3N2O2/c11-10(12,13)6-17-4-3-15-9(16)7-1-2-8(14)5-7/h1-2,7-8H,3-6,14H2,(H,15,16). The summed E-state index contributed by atoms with van der Waals surface area (Å²) in [5.74, 6) is -0.516. The third-order valence-corrected chi connectivity index (χ3v) is 2.26. The summed E-state index contributed by atoms with van der Waals surface area (Å²) in [6, 6.07) is -0.118. The summed E-state index contributed by atoms with van der Waals surface area (Å²) >= 11 is 0. The lowest BCUT2D eigenvalue weighted by Gasteiger charge is -2.11. The van der Waals surface area contributed by atoms with Crippen molar-refractivity contribution in [2.45, 2.75) is 18.6 Å². The molecule has 0 saturated heterocycles. The second kappa shape index (κ2) is 6.02. The highest BCUT2D eigenvalue weighted by Gasteiger charge is 2.27. The van der Waals surface area contributed by atoms with E-state index in [0.29, 0.717) is 6.42 Å². The molecule has 7 heteroatoms. The van der Waals surface area contributed by atoms with Gasteiger partial charge in [-0.25, -0.2) is 0 Å². The van der Waals surface area contributed by atoms with Gasteiger partial charge < -0.3 is 15.8 Å². The first-order valence-electron chi connectivity index (χ1n) is 5.24. The summed E-state index contributed by atoms with van der Waals surface area (Å²) in [6.07, 6.45) is -0.346. The van der Waals surface area contributed by atoms with Crippen molar-refractivity contribution in [1.82, 2.24) is 5.32 Å². The third-order valence-electron chi connectivity index (χ3n) is 2.26. The van der Waals surface area contributed by atoms with E-state index in [1.54, 1.807) is 12.2 Å². The lowest BCUT2D eigenvalue weighted by atomic mass is 10.1. The number of hydrogen-bond acceptors (Lipinski definition) is 3. The molecule has 0 aromatic heterocycles. The van der Waals surface area contributed by atoms with Crippen LogP contribution in [-0.4, -0.2) is 37.9 Å². The molecule has 2 atom stereocenters. The summed E-state index contributed by atoms with van der Waals surface area (Å²) in [5.41, 5.74) is 5.57. The number of ether oxygens (including phenoxy) is 1. The monoisotopic (exact) mass is 252 g/mol. The Hall–Kier alpha value is -1.08. The molecular formula is C10H15F3N2O2. The Bertz CT molecular complexity index is 292. The van der Waals surface area contributed by atoms with E-state index in [1.165, 1.54) is 0 Å². The van der Waals surface area contributed by atoms with E-state index in [9.17, 15) is 18.0 Å². The molecule has 3 N–H and O–H groups in total. The zero-order valence-electron chi connectivity index (χ0n) is 9.17. The van der Waals surface area contributed by atoms with Gasteiger partial charge in [-0.2, -0.15) is 13.2 Å². The van der Waals surface area contributed by atoms with Gasteiger partial charge in [0.1, 0.15) is 6.61 Å². The number of nitrogens with two attached hydrogens (primary N) is 1. The van der Waals surface area contributed by atoms with Gasteiger partial charge in [-0.05, 0) is 6.42 Å². The van der Waals surface area contributed by atoms with Crippen LogP contribution in [0.3, 0.4) is 0 Å². The van der Waals surface area contributed by atoms with Gasteiger partial charge in [0.25, 0.3) is 0 Å². The minimum atomic E-state index is -4.33. The second-order valence-corrected chi connectivity index (χ2v) is 3.85. The Kier molecular flexibility index (Phi) is 4.95. The smallest absolute Gasteiger partial charge is 0.370 e. The molecule has 0 fully saturated rings. The molecule has 0 aromatic rings. The molecule has 2 unspecified atom stereocenters. The van der Waals surface area contributed by atoms with E-state index in [-0.39, 0.29) is 31.0 Å². The van der Waals surface area contributed by atoms with Gasteiger partial charge in [0.05, 0.1) is 12.5 Å². The molecule has 1 rings (SSSR count). The van der Waals surface area contributed by atoms with Crippen molar-refractivity contribution >= 4 is 5.91 Å². The Morgan fingerprint density at radius 2 is 2.18 bits per heavy atom. The Balaban J connectivity index is 2.07. The fraction of sp³-hybridized carbons (Fsp3) is 0.700. The van der Waals surface area contributed by atoms with Crippen LogP contribution in [-0.2, 0) is 9.53 Å². The summed E-state index contributed by atoms with van der Waals surface area (Å²) in [5, 5.41) is 2.49. The zero-order valence-corrected chi connectivity index (χ0v) is 9.17. The van der Waals surface area contributed by atoms with E-state index in [0.717, 1.165) is 0 Å². The molecule has 0 heterocycles. The van der Waals surface area contributed by atoms with E-state index in [1.807, 2.05) is 0 Å². The highest BCUT2D eigenvalue weighted by atomic mass is 19.4. The first-order valence-corrected chi connectivity index (χ1v) is 5.24. The van der Waals surface area contributed by atoms with Crippen LogP contribution >= 0.6 is 0 Å². The molecule has 4 nitrogen and oxygen atoms in total. The van der Waals surface area contributed by atoms with Crippen molar-refractivity contribution < 1.29 is 22.7 Å². The molecule has 98 valence electrons. The average Bonchev–Trinajstić information content (AvgIpc) is 2.62. The maximum Gasteiger partial charge on any atom is 0.411 e. The minimum Gasteiger partial charge on any atom is -0.370 e. The van der Waals surface area contributed by atoms with Crippen LogP contribution in [0.4, 0.5) is 13.2 Å². The highest BCUT2D eigenvalue weighted by Crippen LogP contribution is 2.16. The summed E-state index contributed by atoms with van der Waals surface area (Å²) in [4.78, 5) is 11.5. The van der Waals surface area contributed by atoms with Crippen LogP contribution in [0.5, 0.6) is 0 Å². The topological polar surface area (TPSA) is 64.4 Å². The molecular weight excluding hydrogens is 237 g/mol. The van der Waals surface area contributed by atoms with E-state index < -0.39 is 12.8 Å². The molecule has 0 aromatic carbocycles. The quantitative estimate of drug-likeness (QED) is 0.556. The Morgan fingerprint density at radius 1 is 1.47 bits per heavy atom. The van der Waals surface area contributed by atoms with Gasteiger partial charge in [-0.15, -0.1) is 0 Å². The molecule has 0 aliphatic heterocycles. The normalized spacial score (nSPS) is 24.0. The van der Waals surface area contributed by atoms with Crippen molar-refractivity contribution in [3.8, 4) is 0 Å². The van der Waals surface area contributed by atoms with Crippen molar-refractivity contribution in [3.63, 3.8) is 0 Å². The predicted molar refractivity (Wildman–Crippen MR) is 55.1 cm³/mol. The van der Waals surface area contributed by atoms with Crippen LogP contribution in [0.2, 0.25) is 0 Å². The summed E-state index contributed by atoms with van der Waals surface area (Å²) in [7, 11) is 0. The molecule has 1 aliphatic rings. The predicted octanol–water partition coefficient (Wildman–Crippen LogP) is 0.585. The van der Waals surface area contributed by atoms with Crippen LogP contribution in [0.25, 0.3) is 0 Å². The van der Waals surface area contributed by atoms with Gasteiger partial charge in [-0.1, -0.05) is 12.2 Å². The highest BCUT2D eigenvalue weighted by molar-refractivity contribution is 5.81. The van der Waals surface area contributed by atoms with Crippen molar-refractivity contribution in [1.29, 1.82) is 0 Å². The maximum absolute atomic E-state index is 11.7. The number of nitrogens with one attached hydrogen (secondary N) is 1. The zero-order chi connectivity index (χ0) is 12.9. The number of rotatable bonds is 5. The summed E-state index contributed by atoms with van der Waals surface area (Å²) in [6.45, 7) is -1.39. The SMILES string of the molecule is NC1C=CC(C(=O)NCCOCC(F)(F)F)C1. The fourth-order valence-electron chi connectivity index (χ4n) is 1.49. The van der Waals surface area contributed by atoms with Gasteiger partial charge in [0.15, 0.2) is 0 Å². The maximum atomic E-state index is 11.7. The number of carbonyl (C=O) groups is 1. The van der Waals surface area contributed by atoms with Gasteiger partial charge in [0, 0.05) is 12.6 Å². The number of halogens is 3. The largest absolute Gasteiger partial charge is 0.411 e. The fourth-order valence-corrected chi connectivity index (χ4v) is 1.49. The molecule has 1 aliphatic carbocycles. The van der Waals surface area contributed by atoms with Crippen LogP contribution in [0.1, 0.15) is 6.42 Å². The molecule has 0 radical (unpaired) electrons. The van der Waals surface area contributed by atoms with Gasteiger partial charge in [0.2, 0.25) is 5.91 Å². The van der Waals surface area contributed by atoms with Gasteiger partial charge in [-0.3, -0.25) is 4.79 Å². The molecule has 1 amide bonds. The molecule has 0 spiro atoms. The minimum absolute atomic E-state index is 0.0640. The van der Waals surface area contributed by atoms with E-state index in [4.69, 9.17) is 5.73 Å². The molecule has 17 heavy (non-hydrogen) atoms. The van der Waals surface area contributed by atoms with Crippen molar-refractivity contribution in [2.24, 2.45) is 11.7 Å². The molecule has 0 saturated carbocycles. The lowest BCUT2D eigenvalue weighted by molar-refractivity contribution is -0.173. The van der Waals surface area contributed by atoms with E-state index in [2.05, 4.69) is 10.1 Å². The third kappa shape index (κ3) is 5.69. The number of alkyl halides is 3. The van der Waals surface area contributed by atoms with E-state index >= 15 is 0 Å². The first kappa shape index (κ1) is 14.0. The summed E-state index contributed by atoms with van der Waals surface area (Å²) < 4.78 is 39.4. The van der Waals surface area contributed by atoms with Crippen LogP contribution in [0, 0.1) is 5.92 Å².